The van der Waals surface area contributed by atoms with Crippen molar-refractivity contribution in [1.29, 1.82) is 0 Å². The molecular weight excluding hydrogens is 166 g/mol. The van der Waals surface area contributed by atoms with E-state index in [0.29, 0.717) is 6.04 Å². The van der Waals surface area contributed by atoms with Gasteiger partial charge in [0.2, 0.25) is 0 Å². The number of hydrogen-bond donors (Lipinski definition) is 1. The predicted octanol–water partition coefficient (Wildman–Crippen LogP) is 1.88. The summed E-state index contributed by atoms with van der Waals surface area (Å²) in [6.07, 6.45) is 12.3. The molecule has 2 unspecified atom stereocenters. The second-order valence-electron chi connectivity index (χ2n) is 3.22. The van der Waals surface area contributed by atoms with Crippen LogP contribution in [0.4, 0.5) is 0 Å². The molecule has 1 N–H and O–H groups in total. The second kappa shape index (κ2) is 5.50. The van der Waals surface area contributed by atoms with E-state index in [4.69, 9.17) is 6.42 Å². The molecule has 0 saturated heterocycles. The van der Waals surface area contributed by atoms with Gasteiger partial charge in [0.15, 0.2) is 0 Å². The molecule has 0 heterocycles. The minimum Gasteiger partial charge on any atom is -0.312 e. The monoisotopic (exact) mass is 183 g/mol. The highest BCUT2D eigenvalue weighted by Crippen LogP contribution is 2.28. The average Bonchev–Trinajstić information content (AvgIpc) is 2.52. The lowest BCUT2D eigenvalue weighted by Gasteiger charge is -2.18. The van der Waals surface area contributed by atoms with Gasteiger partial charge in [-0.05, 0) is 19.1 Å². The zero-order valence-electron chi connectivity index (χ0n) is 7.68. The van der Waals surface area contributed by atoms with E-state index >= 15 is 0 Å². The van der Waals surface area contributed by atoms with Crippen molar-refractivity contribution in [2.75, 3.05) is 12.8 Å². The highest BCUT2D eigenvalue weighted by Gasteiger charge is 2.25. The Balaban J connectivity index is 2.18. The average molecular weight is 183 g/mol. The van der Waals surface area contributed by atoms with Gasteiger partial charge in [-0.3, -0.25) is 0 Å². The van der Waals surface area contributed by atoms with Crippen LogP contribution in [-0.2, 0) is 0 Å². The molecule has 1 fully saturated rings. The summed E-state index contributed by atoms with van der Waals surface area (Å²) >= 11 is 1.98. The van der Waals surface area contributed by atoms with Gasteiger partial charge in [0.25, 0.3) is 0 Å². The molecule has 2 atom stereocenters. The van der Waals surface area contributed by atoms with E-state index in [9.17, 15) is 0 Å². The maximum absolute atomic E-state index is 5.19. The van der Waals surface area contributed by atoms with E-state index in [2.05, 4.69) is 17.5 Å². The lowest BCUT2D eigenvalue weighted by molar-refractivity contribution is 0.541. The molecule has 0 spiro atoms. The number of rotatable bonds is 4. The lowest BCUT2D eigenvalue weighted by Crippen LogP contribution is -2.34. The summed E-state index contributed by atoms with van der Waals surface area (Å²) in [5.41, 5.74) is 0. The van der Waals surface area contributed by atoms with E-state index in [-0.39, 0.29) is 0 Å². The molecule has 0 aromatic rings. The molecule has 1 rings (SSSR count). The van der Waals surface area contributed by atoms with Crippen LogP contribution in [0.5, 0.6) is 0 Å². The number of thioether (sulfide) groups is 1. The van der Waals surface area contributed by atoms with E-state index < -0.39 is 0 Å². The van der Waals surface area contributed by atoms with Gasteiger partial charge < -0.3 is 5.32 Å². The van der Waals surface area contributed by atoms with Crippen molar-refractivity contribution < 1.29 is 0 Å². The molecule has 1 saturated carbocycles. The molecule has 0 radical (unpaired) electrons. The first-order valence-corrected chi connectivity index (χ1v) is 5.87. The van der Waals surface area contributed by atoms with E-state index in [1.54, 1.807) is 0 Å². The zero-order valence-corrected chi connectivity index (χ0v) is 8.49. The van der Waals surface area contributed by atoms with Crippen LogP contribution in [0.1, 0.15) is 25.7 Å². The number of terminal acetylenes is 1. The fraction of sp³-hybridized carbons (Fsp3) is 0.800. The normalized spacial score (nSPS) is 28.7. The van der Waals surface area contributed by atoms with Crippen LogP contribution < -0.4 is 5.32 Å². The maximum Gasteiger partial charge on any atom is 0.0212 e. The first kappa shape index (κ1) is 9.95. The van der Waals surface area contributed by atoms with Crippen molar-refractivity contribution in [3.63, 3.8) is 0 Å². The molecule has 1 aliphatic rings. The SMILES string of the molecule is C#CCCNC1CCCC1SC. The van der Waals surface area contributed by atoms with Gasteiger partial charge in [-0.1, -0.05) is 6.42 Å². The van der Waals surface area contributed by atoms with Gasteiger partial charge in [-0.2, -0.15) is 11.8 Å². The molecule has 2 heteroatoms. The first-order chi connectivity index (χ1) is 5.88. The topological polar surface area (TPSA) is 12.0 Å². The largest absolute Gasteiger partial charge is 0.312 e. The van der Waals surface area contributed by atoms with Crippen LogP contribution >= 0.6 is 11.8 Å². The quantitative estimate of drug-likeness (QED) is 0.527. The molecule has 0 bridgehead atoms. The van der Waals surface area contributed by atoms with Gasteiger partial charge in [0, 0.05) is 24.3 Å². The zero-order chi connectivity index (χ0) is 8.81. The summed E-state index contributed by atoms with van der Waals surface area (Å²) in [4.78, 5) is 0. The molecule has 1 nitrogen and oxygen atoms in total. The number of nitrogens with one attached hydrogen (secondary N) is 1. The Morgan fingerprint density at radius 3 is 3.08 bits per heavy atom. The maximum atomic E-state index is 5.19. The standard InChI is InChI=1S/C10H17NS/c1-3-4-8-11-9-6-5-7-10(9)12-2/h1,9-11H,4-8H2,2H3. The third-order valence-corrected chi connectivity index (χ3v) is 3.60. The summed E-state index contributed by atoms with van der Waals surface area (Å²) in [6.45, 7) is 0.984. The molecule has 0 aliphatic heterocycles. The van der Waals surface area contributed by atoms with Crippen LogP contribution in [0.3, 0.4) is 0 Å². The fourth-order valence-corrected chi connectivity index (χ4v) is 2.73. The third-order valence-electron chi connectivity index (χ3n) is 2.43. The first-order valence-electron chi connectivity index (χ1n) is 4.58. The van der Waals surface area contributed by atoms with Crippen molar-refractivity contribution >= 4 is 11.8 Å². The molecule has 0 aromatic heterocycles. The highest BCUT2D eigenvalue weighted by atomic mass is 32.2. The highest BCUT2D eigenvalue weighted by molar-refractivity contribution is 7.99. The minimum atomic E-state index is 0.716. The molecule has 0 aromatic carbocycles. The summed E-state index contributed by atoms with van der Waals surface area (Å²) in [7, 11) is 0. The summed E-state index contributed by atoms with van der Waals surface area (Å²) in [5, 5.41) is 4.34. The summed E-state index contributed by atoms with van der Waals surface area (Å²) in [6, 6.07) is 0.716. The Labute approximate surface area is 79.7 Å². The molecule has 68 valence electrons. The molecule has 0 amide bonds. The van der Waals surface area contributed by atoms with Crippen LogP contribution in [0.15, 0.2) is 0 Å². The molecule has 12 heavy (non-hydrogen) atoms. The number of hydrogen-bond acceptors (Lipinski definition) is 2. The summed E-state index contributed by atoms with van der Waals surface area (Å²) in [5.74, 6) is 2.66. The Morgan fingerprint density at radius 2 is 2.42 bits per heavy atom. The van der Waals surface area contributed by atoms with Crippen molar-refractivity contribution in [2.45, 2.75) is 37.0 Å². The Hall–Kier alpha value is -0.130. The van der Waals surface area contributed by atoms with Crippen LogP contribution in [-0.4, -0.2) is 24.1 Å². The fourth-order valence-electron chi connectivity index (χ4n) is 1.77. The predicted molar refractivity (Wildman–Crippen MR) is 56.4 cm³/mol. The van der Waals surface area contributed by atoms with Crippen molar-refractivity contribution in [3.05, 3.63) is 0 Å². The van der Waals surface area contributed by atoms with Gasteiger partial charge in [0.05, 0.1) is 0 Å². The van der Waals surface area contributed by atoms with E-state index in [1.807, 2.05) is 11.8 Å². The van der Waals surface area contributed by atoms with Gasteiger partial charge in [0.1, 0.15) is 0 Å². The van der Waals surface area contributed by atoms with Crippen molar-refractivity contribution in [1.82, 2.24) is 5.32 Å². The van der Waals surface area contributed by atoms with Crippen LogP contribution in [0.2, 0.25) is 0 Å². The smallest absolute Gasteiger partial charge is 0.0212 e. The molecule has 1 aliphatic carbocycles. The minimum absolute atomic E-state index is 0.716. The van der Waals surface area contributed by atoms with E-state index in [0.717, 1.165) is 18.2 Å². The second-order valence-corrected chi connectivity index (χ2v) is 4.30. The van der Waals surface area contributed by atoms with Gasteiger partial charge in [-0.15, -0.1) is 12.3 Å². The Morgan fingerprint density at radius 1 is 1.58 bits per heavy atom. The van der Waals surface area contributed by atoms with Crippen molar-refractivity contribution in [3.8, 4) is 12.3 Å². The summed E-state index contributed by atoms with van der Waals surface area (Å²) < 4.78 is 0. The Kier molecular flexibility index (Phi) is 4.57. The third kappa shape index (κ3) is 2.73. The van der Waals surface area contributed by atoms with E-state index in [1.165, 1.54) is 19.3 Å². The lowest BCUT2D eigenvalue weighted by atomic mass is 10.2. The van der Waals surface area contributed by atoms with Crippen LogP contribution in [0, 0.1) is 12.3 Å². The van der Waals surface area contributed by atoms with Crippen LogP contribution in [0.25, 0.3) is 0 Å². The Bertz CT molecular complexity index is 162. The van der Waals surface area contributed by atoms with Crippen molar-refractivity contribution in [2.24, 2.45) is 0 Å². The van der Waals surface area contributed by atoms with Gasteiger partial charge in [-0.25, -0.2) is 0 Å². The van der Waals surface area contributed by atoms with Gasteiger partial charge >= 0.3 is 0 Å². The molecular formula is C10H17NS.